The van der Waals surface area contributed by atoms with Gasteiger partial charge in [0.15, 0.2) is 0 Å². The number of ether oxygens (including phenoxy) is 2. The minimum absolute atomic E-state index is 0.206. The second-order valence-corrected chi connectivity index (χ2v) is 9.66. The number of hydrogen-bond acceptors (Lipinski definition) is 3. The first-order valence-corrected chi connectivity index (χ1v) is 12.8. The fourth-order valence-electron chi connectivity index (χ4n) is 4.79. The third-order valence-corrected chi connectivity index (χ3v) is 6.63. The molecule has 1 aliphatic carbocycles. The molecule has 0 amide bonds. The topological polar surface area (TPSA) is 30.5 Å². The lowest BCUT2D eigenvalue weighted by Gasteiger charge is -2.28. The highest BCUT2D eigenvalue weighted by Crippen LogP contribution is 2.35. The number of alkyl halides is 3. The first-order chi connectivity index (χ1) is 17.4. The Balaban J connectivity index is 1.44. The standard InChI is InChI=1S/C30H34F3NO2/c1-22-8-7-12-27(20-22)35-29-18-15-25(24-13-16-26(17-14-24)36-30(31,32)33)21-28(29)34-19-6-5-11-23-9-3-2-4-10-23/h2-4,9-10,13-18,21-22,27,34H,5-8,11-12,19-20H2,1H3/t22-,27+/m1/s1. The molecule has 0 unspecified atom stereocenters. The molecule has 3 aromatic rings. The van der Waals surface area contributed by atoms with Gasteiger partial charge in [-0.25, -0.2) is 0 Å². The maximum absolute atomic E-state index is 12.5. The van der Waals surface area contributed by atoms with E-state index in [0.29, 0.717) is 5.92 Å². The largest absolute Gasteiger partial charge is 0.573 e. The van der Waals surface area contributed by atoms with Crippen LogP contribution >= 0.6 is 0 Å². The second kappa shape index (κ2) is 12.2. The van der Waals surface area contributed by atoms with Gasteiger partial charge >= 0.3 is 6.36 Å². The van der Waals surface area contributed by atoms with Crippen LogP contribution in [-0.4, -0.2) is 19.0 Å². The number of benzene rings is 3. The summed E-state index contributed by atoms with van der Waals surface area (Å²) < 4.78 is 48.0. The van der Waals surface area contributed by atoms with E-state index in [9.17, 15) is 13.2 Å². The van der Waals surface area contributed by atoms with Gasteiger partial charge in [-0.05, 0) is 85.4 Å². The van der Waals surface area contributed by atoms with Crippen molar-refractivity contribution >= 4 is 5.69 Å². The maximum atomic E-state index is 12.5. The lowest BCUT2D eigenvalue weighted by molar-refractivity contribution is -0.274. The van der Waals surface area contributed by atoms with Gasteiger partial charge in [-0.2, -0.15) is 0 Å². The van der Waals surface area contributed by atoms with Crippen molar-refractivity contribution in [1.29, 1.82) is 0 Å². The van der Waals surface area contributed by atoms with E-state index in [1.807, 2.05) is 24.3 Å². The highest BCUT2D eigenvalue weighted by molar-refractivity contribution is 5.72. The SMILES string of the molecule is C[C@@H]1CCC[C@H](Oc2ccc(-c3ccc(OC(F)(F)F)cc3)cc2NCCCCc2ccccc2)C1. The molecule has 3 aromatic carbocycles. The number of aryl methyl sites for hydroxylation is 1. The molecule has 3 nitrogen and oxygen atoms in total. The van der Waals surface area contributed by atoms with Gasteiger partial charge in [0.25, 0.3) is 0 Å². The summed E-state index contributed by atoms with van der Waals surface area (Å²) in [6.45, 7) is 3.09. The molecular formula is C30H34F3NO2. The molecule has 1 fully saturated rings. The Kier molecular flexibility index (Phi) is 8.79. The first-order valence-electron chi connectivity index (χ1n) is 12.8. The average molecular weight is 498 g/mol. The van der Waals surface area contributed by atoms with Crippen molar-refractivity contribution in [3.63, 3.8) is 0 Å². The maximum Gasteiger partial charge on any atom is 0.573 e. The molecule has 0 saturated heterocycles. The molecule has 0 aliphatic heterocycles. The molecule has 4 rings (SSSR count). The Hall–Kier alpha value is -3.15. The molecular weight excluding hydrogens is 463 g/mol. The molecule has 0 radical (unpaired) electrons. The molecule has 192 valence electrons. The van der Waals surface area contributed by atoms with Crippen molar-refractivity contribution in [3.8, 4) is 22.6 Å². The average Bonchev–Trinajstić information content (AvgIpc) is 2.85. The number of anilines is 1. The quantitative estimate of drug-likeness (QED) is 0.284. The van der Waals surface area contributed by atoms with Crippen molar-refractivity contribution < 1.29 is 22.6 Å². The van der Waals surface area contributed by atoms with Crippen molar-refractivity contribution in [1.82, 2.24) is 0 Å². The van der Waals surface area contributed by atoms with E-state index in [1.54, 1.807) is 12.1 Å². The molecule has 0 aromatic heterocycles. The van der Waals surface area contributed by atoms with Crippen molar-refractivity contribution in [3.05, 3.63) is 78.4 Å². The number of halogens is 3. The van der Waals surface area contributed by atoms with Gasteiger partial charge in [0.2, 0.25) is 0 Å². The minimum atomic E-state index is -4.70. The summed E-state index contributed by atoms with van der Waals surface area (Å²) in [7, 11) is 0. The van der Waals surface area contributed by atoms with Crippen LogP contribution < -0.4 is 14.8 Å². The van der Waals surface area contributed by atoms with Crippen LogP contribution in [0.1, 0.15) is 51.0 Å². The molecule has 1 aliphatic rings. The Labute approximate surface area is 211 Å². The zero-order valence-corrected chi connectivity index (χ0v) is 20.7. The summed E-state index contributed by atoms with van der Waals surface area (Å²) in [5, 5.41) is 3.55. The van der Waals surface area contributed by atoms with Crippen LogP contribution in [0.15, 0.2) is 72.8 Å². The lowest BCUT2D eigenvalue weighted by Crippen LogP contribution is -2.24. The first kappa shape index (κ1) is 25.9. The number of rotatable bonds is 10. The second-order valence-electron chi connectivity index (χ2n) is 9.66. The van der Waals surface area contributed by atoms with Gasteiger partial charge in [0, 0.05) is 6.54 Å². The Morgan fingerprint density at radius 1 is 0.889 bits per heavy atom. The summed E-state index contributed by atoms with van der Waals surface area (Å²) in [6.07, 6.45) is 3.18. The predicted octanol–water partition coefficient (Wildman–Crippen LogP) is 8.64. The Morgan fingerprint density at radius 2 is 1.64 bits per heavy atom. The molecule has 0 spiro atoms. The van der Waals surface area contributed by atoms with Crippen LogP contribution in [0.5, 0.6) is 11.5 Å². The zero-order chi connectivity index (χ0) is 25.4. The minimum Gasteiger partial charge on any atom is -0.488 e. The van der Waals surface area contributed by atoms with E-state index < -0.39 is 6.36 Å². The summed E-state index contributed by atoms with van der Waals surface area (Å²) in [4.78, 5) is 0. The predicted molar refractivity (Wildman–Crippen MR) is 138 cm³/mol. The van der Waals surface area contributed by atoms with Gasteiger partial charge in [-0.3, -0.25) is 0 Å². The molecule has 2 atom stereocenters. The fraction of sp³-hybridized carbons (Fsp3) is 0.400. The zero-order valence-electron chi connectivity index (χ0n) is 20.7. The molecule has 6 heteroatoms. The summed E-state index contributed by atoms with van der Waals surface area (Å²) in [6, 6.07) is 22.4. The molecule has 1 saturated carbocycles. The molecule has 36 heavy (non-hydrogen) atoms. The van der Waals surface area contributed by atoms with Crippen LogP contribution in [0.25, 0.3) is 11.1 Å². The Bertz CT molecular complexity index is 1080. The van der Waals surface area contributed by atoms with Crippen LogP contribution in [-0.2, 0) is 6.42 Å². The number of nitrogens with one attached hydrogen (secondary N) is 1. The van der Waals surface area contributed by atoms with Crippen LogP contribution in [0, 0.1) is 5.92 Å². The monoisotopic (exact) mass is 497 g/mol. The van der Waals surface area contributed by atoms with Crippen molar-refractivity contribution in [2.75, 3.05) is 11.9 Å². The van der Waals surface area contributed by atoms with Gasteiger partial charge in [-0.1, -0.05) is 61.9 Å². The van der Waals surface area contributed by atoms with Crippen LogP contribution in [0.3, 0.4) is 0 Å². The smallest absolute Gasteiger partial charge is 0.488 e. The Morgan fingerprint density at radius 3 is 2.36 bits per heavy atom. The van der Waals surface area contributed by atoms with Gasteiger partial charge in [-0.15, -0.1) is 13.2 Å². The van der Waals surface area contributed by atoms with Crippen LogP contribution in [0.4, 0.5) is 18.9 Å². The lowest BCUT2D eigenvalue weighted by atomic mass is 9.88. The van der Waals surface area contributed by atoms with Gasteiger partial charge in [0.1, 0.15) is 11.5 Å². The normalized spacial score (nSPS) is 18.0. The number of unbranched alkanes of at least 4 members (excludes halogenated alkanes) is 1. The molecule has 1 N–H and O–H groups in total. The van der Waals surface area contributed by atoms with E-state index in [1.165, 1.54) is 30.5 Å². The van der Waals surface area contributed by atoms with Crippen molar-refractivity contribution in [2.45, 2.75) is 64.3 Å². The molecule has 0 bridgehead atoms. The van der Waals surface area contributed by atoms with E-state index >= 15 is 0 Å². The third-order valence-electron chi connectivity index (χ3n) is 6.63. The number of hydrogen-bond donors (Lipinski definition) is 1. The van der Waals surface area contributed by atoms with E-state index in [-0.39, 0.29) is 11.9 Å². The fourth-order valence-corrected chi connectivity index (χ4v) is 4.79. The van der Waals surface area contributed by atoms with Crippen molar-refractivity contribution in [2.24, 2.45) is 5.92 Å². The van der Waals surface area contributed by atoms with E-state index in [4.69, 9.17) is 4.74 Å². The summed E-state index contributed by atoms with van der Waals surface area (Å²) in [5.41, 5.74) is 3.98. The third kappa shape index (κ3) is 7.94. The van der Waals surface area contributed by atoms with E-state index in [2.05, 4.69) is 41.2 Å². The van der Waals surface area contributed by atoms with Gasteiger partial charge in [0.05, 0.1) is 11.8 Å². The summed E-state index contributed by atoms with van der Waals surface area (Å²) >= 11 is 0. The van der Waals surface area contributed by atoms with Crippen LogP contribution in [0.2, 0.25) is 0 Å². The summed E-state index contributed by atoms with van der Waals surface area (Å²) in [5.74, 6) is 1.27. The molecule has 0 heterocycles. The van der Waals surface area contributed by atoms with E-state index in [0.717, 1.165) is 61.2 Å². The highest BCUT2D eigenvalue weighted by atomic mass is 19.4. The van der Waals surface area contributed by atoms with Gasteiger partial charge < -0.3 is 14.8 Å². The highest BCUT2D eigenvalue weighted by Gasteiger charge is 2.31.